The minimum absolute atomic E-state index is 0.0487. The van der Waals surface area contributed by atoms with Crippen molar-refractivity contribution in [3.63, 3.8) is 0 Å². The van der Waals surface area contributed by atoms with Crippen LogP contribution in [0.2, 0.25) is 0 Å². The Morgan fingerprint density at radius 1 is 1.44 bits per heavy atom. The number of likely N-dealkylation sites (N-methyl/N-ethyl adjacent to an activating group) is 1. The quantitative estimate of drug-likeness (QED) is 0.441. The number of nitro benzene ring substituents is 1. The normalized spacial score (nSPS) is 10.9. The topological polar surface area (TPSA) is 63.5 Å². The lowest BCUT2D eigenvalue weighted by molar-refractivity contribution is -0.384. The van der Waals surface area contributed by atoms with Crippen LogP contribution in [0.4, 0.5) is 5.69 Å². The molecule has 0 N–H and O–H groups in total. The fourth-order valence-electron chi connectivity index (χ4n) is 1.82. The number of hydrogen-bond acceptors (Lipinski definition) is 4. The largest absolute Gasteiger partial charge is 0.299 e. The second-order valence-corrected chi connectivity index (χ2v) is 4.82. The van der Waals surface area contributed by atoms with Crippen LogP contribution in [0.15, 0.2) is 24.3 Å². The van der Waals surface area contributed by atoms with Gasteiger partial charge in [0.2, 0.25) is 0 Å². The van der Waals surface area contributed by atoms with Crippen molar-refractivity contribution in [1.82, 2.24) is 4.90 Å². The van der Waals surface area contributed by atoms with E-state index in [4.69, 9.17) is 0 Å². The third-order valence-electron chi connectivity index (χ3n) is 2.47. The summed E-state index contributed by atoms with van der Waals surface area (Å²) < 4.78 is 0. The van der Waals surface area contributed by atoms with E-state index in [9.17, 15) is 14.9 Å². The van der Waals surface area contributed by atoms with Crippen LogP contribution in [0.3, 0.4) is 0 Å². The van der Waals surface area contributed by atoms with Crippen molar-refractivity contribution >= 4 is 11.5 Å². The molecule has 0 saturated heterocycles. The molecule has 0 atom stereocenters. The first-order valence-electron chi connectivity index (χ1n) is 5.86. The molecule has 1 rings (SSSR count). The van der Waals surface area contributed by atoms with E-state index in [1.54, 1.807) is 6.07 Å². The van der Waals surface area contributed by atoms with Crippen molar-refractivity contribution in [3.8, 4) is 0 Å². The van der Waals surface area contributed by atoms with Gasteiger partial charge in [0.05, 0.1) is 11.5 Å². The van der Waals surface area contributed by atoms with E-state index in [0.717, 1.165) is 6.54 Å². The van der Waals surface area contributed by atoms with Gasteiger partial charge in [0, 0.05) is 24.2 Å². The van der Waals surface area contributed by atoms with Gasteiger partial charge < -0.3 is 0 Å². The number of Topliss-reactive ketones (excluding diaryl/α,β-unsaturated/α-hetero) is 1. The summed E-state index contributed by atoms with van der Waals surface area (Å²) in [6, 6.07) is 5.85. The Morgan fingerprint density at radius 2 is 2.11 bits per heavy atom. The standard InChI is InChI=1S/C13H18N2O3/c1-10(2)8-14(3)9-13(16)11-5-4-6-12(7-11)15(17)18/h4-7,10H,8-9H2,1-3H3. The third kappa shape index (κ3) is 4.25. The van der Waals surface area contributed by atoms with Crippen molar-refractivity contribution < 1.29 is 9.72 Å². The van der Waals surface area contributed by atoms with Crippen LogP contribution in [0.5, 0.6) is 0 Å². The number of non-ortho nitro benzene ring substituents is 1. The van der Waals surface area contributed by atoms with E-state index in [2.05, 4.69) is 13.8 Å². The number of benzene rings is 1. The first kappa shape index (κ1) is 14.3. The molecule has 1 aromatic rings. The number of carbonyl (C=O) groups is 1. The van der Waals surface area contributed by atoms with Crippen LogP contribution in [-0.4, -0.2) is 35.7 Å². The summed E-state index contributed by atoms with van der Waals surface area (Å²) in [5.41, 5.74) is 0.340. The smallest absolute Gasteiger partial charge is 0.270 e. The maximum atomic E-state index is 11.9. The molecule has 0 radical (unpaired) electrons. The summed E-state index contributed by atoms with van der Waals surface area (Å²) in [5.74, 6) is 0.384. The van der Waals surface area contributed by atoms with Gasteiger partial charge in [0.15, 0.2) is 5.78 Å². The fourth-order valence-corrected chi connectivity index (χ4v) is 1.82. The van der Waals surface area contributed by atoms with Crippen LogP contribution < -0.4 is 0 Å². The van der Waals surface area contributed by atoms with Gasteiger partial charge in [0.25, 0.3) is 5.69 Å². The van der Waals surface area contributed by atoms with E-state index in [1.165, 1.54) is 18.2 Å². The molecule has 0 saturated carbocycles. The SMILES string of the molecule is CC(C)CN(C)CC(=O)c1cccc([N+](=O)[O-])c1. The molecule has 5 nitrogen and oxygen atoms in total. The highest BCUT2D eigenvalue weighted by atomic mass is 16.6. The monoisotopic (exact) mass is 250 g/mol. The van der Waals surface area contributed by atoms with E-state index in [0.29, 0.717) is 11.5 Å². The lowest BCUT2D eigenvalue weighted by Crippen LogP contribution is -2.29. The minimum Gasteiger partial charge on any atom is -0.299 e. The van der Waals surface area contributed by atoms with E-state index >= 15 is 0 Å². The zero-order valence-electron chi connectivity index (χ0n) is 10.9. The summed E-state index contributed by atoms with van der Waals surface area (Å²) in [5, 5.41) is 10.6. The zero-order valence-corrected chi connectivity index (χ0v) is 10.9. The highest BCUT2D eigenvalue weighted by Gasteiger charge is 2.13. The van der Waals surface area contributed by atoms with Gasteiger partial charge >= 0.3 is 0 Å². The Bertz CT molecular complexity index is 444. The Labute approximate surface area is 107 Å². The number of nitro groups is 1. The molecule has 1 aromatic carbocycles. The predicted molar refractivity (Wildman–Crippen MR) is 69.8 cm³/mol. The summed E-state index contributed by atoms with van der Waals surface area (Å²) in [7, 11) is 1.87. The Balaban J connectivity index is 2.72. The third-order valence-corrected chi connectivity index (χ3v) is 2.47. The number of rotatable bonds is 6. The zero-order chi connectivity index (χ0) is 13.7. The molecule has 0 aliphatic rings. The molecule has 0 aromatic heterocycles. The van der Waals surface area contributed by atoms with Crippen molar-refractivity contribution in [2.75, 3.05) is 20.1 Å². The van der Waals surface area contributed by atoms with Crippen LogP contribution >= 0.6 is 0 Å². The molecule has 0 aliphatic heterocycles. The first-order valence-corrected chi connectivity index (χ1v) is 5.86. The highest BCUT2D eigenvalue weighted by Crippen LogP contribution is 2.13. The Kier molecular flexibility index (Phi) is 4.97. The fraction of sp³-hybridized carbons (Fsp3) is 0.462. The van der Waals surface area contributed by atoms with Crippen molar-refractivity contribution in [2.45, 2.75) is 13.8 Å². The maximum Gasteiger partial charge on any atom is 0.270 e. The molecular formula is C13H18N2O3. The second kappa shape index (κ2) is 6.26. The summed E-state index contributed by atoms with van der Waals surface area (Å²) >= 11 is 0. The molecule has 0 amide bonds. The van der Waals surface area contributed by atoms with Gasteiger partial charge in [-0.1, -0.05) is 26.0 Å². The molecular weight excluding hydrogens is 232 g/mol. The summed E-state index contributed by atoms with van der Waals surface area (Å²) in [4.78, 5) is 24.0. The van der Waals surface area contributed by atoms with Crippen LogP contribution in [0.1, 0.15) is 24.2 Å². The van der Waals surface area contributed by atoms with E-state index < -0.39 is 4.92 Å². The van der Waals surface area contributed by atoms with E-state index in [-0.39, 0.29) is 18.0 Å². The number of nitrogens with zero attached hydrogens (tertiary/aromatic N) is 2. The highest BCUT2D eigenvalue weighted by molar-refractivity contribution is 5.98. The van der Waals surface area contributed by atoms with E-state index in [1.807, 2.05) is 11.9 Å². The van der Waals surface area contributed by atoms with Gasteiger partial charge in [-0.15, -0.1) is 0 Å². The first-order chi connectivity index (χ1) is 8.40. The van der Waals surface area contributed by atoms with Gasteiger partial charge in [-0.2, -0.15) is 0 Å². The molecule has 0 fully saturated rings. The van der Waals surface area contributed by atoms with Gasteiger partial charge in [0.1, 0.15) is 0 Å². The number of carbonyl (C=O) groups excluding carboxylic acids is 1. The Morgan fingerprint density at radius 3 is 2.67 bits per heavy atom. The van der Waals surface area contributed by atoms with Crippen molar-refractivity contribution in [3.05, 3.63) is 39.9 Å². The maximum absolute atomic E-state index is 11.9. The lowest BCUT2D eigenvalue weighted by atomic mass is 10.1. The molecule has 0 heterocycles. The van der Waals surface area contributed by atoms with Crippen LogP contribution in [0, 0.1) is 16.0 Å². The molecule has 18 heavy (non-hydrogen) atoms. The average molecular weight is 250 g/mol. The molecule has 0 aliphatic carbocycles. The minimum atomic E-state index is -0.491. The van der Waals surface area contributed by atoms with Gasteiger partial charge in [-0.25, -0.2) is 0 Å². The Hall–Kier alpha value is -1.75. The molecule has 5 heteroatoms. The predicted octanol–water partition coefficient (Wildman–Crippen LogP) is 2.37. The molecule has 0 unspecified atom stereocenters. The second-order valence-electron chi connectivity index (χ2n) is 4.82. The lowest BCUT2D eigenvalue weighted by Gasteiger charge is -2.17. The van der Waals surface area contributed by atoms with Crippen LogP contribution in [0.25, 0.3) is 0 Å². The van der Waals surface area contributed by atoms with Crippen molar-refractivity contribution in [2.24, 2.45) is 5.92 Å². The molecule has 98 valence electrons. The van der Waals surface area contributed by atoms with Crippen molar-refractivity contribution in [1.29, 1.82) is 0 Å². The number of ketones is 1. The summed E-state index contributed by atoms with van der Waals surface area (Å²) in [6.45, 7) is 5.25. The van der Waals surface area contributed by atoms with Gasteiger partial charge in [-0.05, 0) is 13.0 Å². The average Bonchev–Trinajstić information content (AvgIpc) is 2.27. The van der Waals surface area contributed by atoms with Gasteiger partial charge in [-0.3, -0.25) is 19.8 Å². The molecule has 0 spiro atoms. The van der Waals surface area contributed by atoms with Crippen LogP contribution in [-0.2, 0) is 0 Å². The summed E-state index contributed by atoms with van der Waals surface area (Å²) in [6.07, 6.45) is 0. The number of hydrogen-bond donors (Lipinski definition) is 0. The molecule has 0 bridgehead atoms.